The summed E-state index contributed by atoms with van der Waals surface area (Å²) in [5, 5.41) is 3.33. The molecule has 4 nitrogen and oxygen atoms in total. The summed E-state index contributed by atoms with van der Waals surface area (Å²) in [5.74, 6) is 0.139. The molecule has 1 aromatic heterocycles. The molecule has 0 saturated carbocycles. The Morgan fingerprint density at radius 3 is 2.55 bits per heavy atom. The number of anilines is 1. The van der Waals surface area contributed by atoms with Crippen LogP contribution in [-0.2, 0) is 4.79 Å². The van der Waals surface area contributed by atoms with Gasteiger partial charge >= 0.3 is 0 Å². The van der Waals surface area contributed by atoms with Crippen LogP contribution in [0.15, 0.2) is 30.3 Å². The highest BCUT2D eigenvalue weighted by Gasteiger charge is 2.16. The molecule has 1 heterocycles. The number of halogens is 1. The van der Waals surface area contributed by atoms with Crippen LogP contribution in [-0.4, -0.2) is 17.4 Å². The third kappa shape index (κ3) is 3.79. The Kier molecular flexibility index (Phi) is 6.13. The lowest BCUT2D eigenvalue weighted by Gasteiger charge is -2.04. The first-order valence-corrected chi connectivity index (χ1v) is 6.99. The van der Waals surface area contributed by atoms with Crippen molar-refractivity contribution in [3.63, 3.8) is 0 Å². The Morgan fingerprint density at radius 1 is 1.35 bits per heavy atom. The van der Waals surface area contributed by atoms with E-state index in [-0.39, 0.29) is 24.9 Å². The summed E-state index contributed by atoms with van der Waals surface area (Å²) in [5.41, 5.74) is 7.30. The van der Waals surface area contributed by atoms with Gasteiger partial charge in [-0.15, -0.1) is 23.7 Å². The summed E-state index contributed by atoms with van der Waals surface area (Å²) >= 11 is 1.51. The van der Waals surface area contributed by atoms with Crippen LogP contribution in [0, 0.1) is 0 Å². The minimum Gasteiger partial charge on any atom is -0.322 e. The molecular formula is C14H18ClN3OS. The SMILES string of the molecule is CC(C)c1sc(NC(=O)CN)nc1-c1ccccc1.Cl. The van der Waals surface area contributed by atoms with Gasteiger partial charge in [-0.05, 0) is 5.92 Å². The molecule has 6 heteroatoms. The first-order valence-electron chi connectivity index (χ1n) is 6.18. The molecule has 2 aromatic rings. The van der Waals surface area contributed by atoms with E-state index in [4.69, 9.17) is 5.73 Å². The van der Waals surface area contributed by atoms with Crippen LogP contribution in [0.2, 0.25) is 0 Å². The molecule has 0 radical (unpaired) electrons. The Bertz CT molecular complexity index is 569. The van der Waals surface area contributed by atoms with Gasteiger partial charge in [0.05, 0.1) is 12.2 Å². The van der Waals surface area contributed by atoms with E-state index in [1.54, 1.807) is 0 Å². The van der Waals surface area contributed by atoms with E-state index in [1.807, 2.05) is 30.3 Å². The van der Waals surface area contributed by atoms with Gasteiger partial charge in [-0.3, -0.25) is 4.79 Å². The molecule has 1 amide bonds. The summed E-state index contributed by atoms with van der Waals surface area (Å²) in [7, 11) is 0. The van der Waals surface area contributed by atoms with Gasteiger partial charge in [-0.1, -0.05) is 44.2 Å². The van der Waals surface area contributed by atoms with Crippen molar-refractivity contribution in [2.45, 2.75) is 19.8 Å². The summed E-state index contributed by atoms with van der Waals surface area (Å²) in [6.07, 6.45) is 0. The molecule has 0 aliphatic rings. The number of hydrogen-bond donors (Lipinski definition) is 2. The molecule has 1 aromatic carbocycles. The number of carbonyl (C=O) groups excluding carboxylic acids is 1. The molecule has 3 N–H and O–H groups in total. The zero-order valence-electron chi connectivity index (χ0n) is 11.4. The average Bonchev–Trinajstić information content (AvgIpc) is 2.83. The number of nitrogens with two attached hydrogens (primary N) is 1. The van der Waals surface area contributed by atoms with E-state index in [9.17, 15) is 4.79 Å². The lowest BCUT2D eigenvalue weighted by atomic mass is 10.1. The van der Waals surface area contributed by atoms with E-state index in [0.717, 1.165) is 11.3 Å². The standard InChI is InChI=1S/C14H17N3OS.ClH/c1-9(2)13-12(10-6-4-3-5-7-10)17-14(19-13)16-11(18)8-15;/h3-7,9H,8,15H2,1-2H3,(H,16,17,18);1H. The van der Waals surface area contributed by atoms with Gasteiger partial charge < -0.3 is 11.1 Å². The van der Waals surface area contributed by atoms with Gasteiger partial charge in [0.2, 0.25) is 5.91 Å². The van der Waals surface area contributed by atoms with Crippen molar-refractivity contribution in [2.24, 2.45) is 5.73 Å². The quantitative estimate of drug-likeness (QED) is 0.910. The second-order valence-corrected chi connectivity index (χ2v) is 5.54. The number of hydrogen-bond acceptors (Lipinski definition) is 4. The maximum Gasteiger partial charge on any atom is 0.239 e. The van der Waals surface area contributed by atoms with Crippen LogP contribution in [0.3, 0.4) is 0 Å². The molecule has 108 valence electrons. The molecule has 0 spiro atoms. The second kappa shape index (κ2) is 7.38. The first kappa shape index (κ1) is 16.6. The van der Waals surface area contributed by atoms with Crippen molar-refractivity contribution < 1.29 is 4.79 Å². The molecular weight excluding hydrogens is 294 g/mol. The number of rotatable bonds is 4. The highest BCUT2D eigenvalue weighted by Crippen LogP contribution is 2.35. The molecule has 20 heavy (non-hydrogen) atoms. The number of carbonyl (C=O) groups is 1. The van der Waals surface area contributed by atoms with Crippen molar-refractivity contribution in [3.8, 4) is 11.3 Å². The van der Waals surface area contributed by atoms with Crippen LogP contribution in [0.4, 0.5) is 5.13 Å². The summed E-state index contributed by atoms with van der Waals surface area (Å²) in [6.45, 7) is 4.21. The Balaban J connectivity index is 0.00000200. The minimum atomic E-state index is -0.219. The Labute approximate surface area is 128 Å². The monoisotopic (exact) mass is 311 g/mol. The summed E-state index contributed by atoms with van der Waals surface area (Å²) in [4.78, 5) is 17.0. The normalized spacial score (nSPS) is 10.2. The van der Waals surface area contributed by atoms with Crippen molar-refractivity contribution >= 4 is 34.8 Å². The van der Waals surface area contributed by atoms with Gasteiger partial charge in [-0.2, -0.15) is 0 Å². The first-order chi connectivity index (χ1) is 9.11. The third-order valence-corrected chi connectivity index (χ3v) is 3.93. The number of nitrogens with zero attached hydrogens (tertiary/aromatic N) is 1. The van der Waals surface area contributed by atoms with Crippen LogP contribution < -0.4 is 11.1 Å². The van der Waals surface area contributed by atoms with Crippen LogP contribution in [0.1, 0.15) is 24.6 Å². The largest absolute Gasteiger partial charge is 0.322 e. The van der Waals surface area contributed by atoms with Gasteiger partial charge in [0.1, 0.15) is 0 Å². The maximum atomic E-state index is 11.3. The van der Waals surface area contributed by atoms with E-state index in [2.05, 4.69) is 24.1 Å². The van der Waals surface area contributed by atoms with E-state index >= 15 is 0 Å². The molecule has 0 aliphatic heterocycles. The number of nitrogens with one attached hydrogen (secondary N) is 1. The lowest BCUT2D eigenvalue weighted by molar-refractivity contribution is -0.114. The smallest absolute Gasteiger partial charge is 0.239 e. The number of thiazole rings is 1. The highest BCUT2D eigenvalue weighted by atomic mass is 35.5. The molecule has 0 fully saturated rings. The molecule has 0 unspecified atom stereocenters. The fraction of sp³-hybridized carbons (Fsp3) is 0.286. The highest BCUT2D eigenvalue weighted by molar-refractivity contribution is 7.16. The van der Waals surface area contributed by atoms with Gasteiger partial charge in [0, 0.05) is 10.4 Å². The number of aromatic nitrogens is 1. The molecule has 0 aliphatic carbocycles. The number of amides is 1. The third-order valence-electron chi connectivity index (χ3n) is 2.66. The van der Waals surface area contributed by atoms with Crippen LogP contribution in [0.5, 0.6) is 0 Å². The fourth-order valence-corrected chi connectivity index (χ4v) is 2.76. The molecule has 0 atom stereocenters. The topological polar surface area (TPSA) is 68.0 Å². The molecule has 0 bridgehead atoms. The second-order valence-electron chi connectivity index (χ2n) is 4.50. The van der Waals surface area contributed by atoms with E-state index in [0.29, 0.717) is 11.0 Å². The lowest BCUT2D eigenvalue weighted by Crippen LogP contribution is -2.21. The predicted molar refractivity (Wildman–Crippen MR) is 86.6 cm³/mol. The molecule has 2 rings (SSSR count). The van der Waals surface area contributed by atoms with Gasteiger partial charge in [0.15, 0.2) is 5.13 Å². The Hall–Kier alpha value is -1.43. The van der Waals surface area contributed by atoms with Crippen molar-refractivity contribution in [1.82, 2.24) is 4.98 Å². The van der Waals surface area contributed by atoms with Crippen LogP contribution >= 0.6 is 23.7 Å². The zero-order valence-corrected chi connectivity index (χ0v) is 13.1. The fourth-order valence-electron chi connectivity index (χ4n) is 1.75. The minimum absolute atomic E-state index is 0. The summed E-state index contributed by atoms with van der Waals surface area (Å²) < 4.78 is 0. The Morgan fingerprint density at radius 2 is 2.00 bits per heavy atom. The van der Waals surface area contributed by atoms with Crippen molar-refractivity contribution in [2.75, 3.05) is 11.9 Å². The zero-order chi connectivity index (χ0) is 13.8. The van der Waals surface area contributed by atoms with Crippen LogP contribution in [0.25, 0.3) is 11.3 Å². The average molecular weight is 312 g/mol. The molecule has 0 saturated heterocycles. The van der Waals surface area contributed by atoms with Crippen molar-refractivity contribution in [3.05, 3.63) is 35.2 Å². The van der Waals surface area contributed by atoms with E-state index in [1.165, 1.54) is 16.2 Å². The van der Waals surface area contributed by atoms with Gasteiger partial charge in [0.25, 0.3) is 0 Å². The summed E-state index contributed by atoms with van der Waals surface area (Å²) in [6, 6.07) is 9.99. The number of benzene rings is 1. The van der Waals surface area contributed by atoms with E-state index < -0.39 is 0 Å². The maximum absolute atomic E-state index is 11.3. The predicted octanol–water partition coefficient (Wildman–Crippen LogP) is 3.25. The van der Waals surface area contributed by atoms with Gasteiger partial charge in [-0.25, -0.2) is 4.98 Å². The van der Waals surface area contributed by atoms with Crippen molar-refractivity contribution in [1.29, 1.82) is 0 Å².